The van der Waals surface area contributed by atoms with Crippen LogP contribution >= 0.6 is 0 Å². The zero-order valence-electron chi connectivity index (χ0n) is 12.3. The highest BCUT2D eigenvalue weighted by Crippen LogP contribution is 2.11. The van der Waals surface area contributed by atoms with Crippen LogP contribution in [0.25, 0.3) is 0 Å². The number of carbonyl (C=O) groups is 2. The molecule has 112 valence electrons. The van der Waals surface area contributed by atoms with E-state index in [-0.39, 0.29) is 0 Å². The summed E-state index contributed by atoms with van der Waals surface area (Å²) < 4.78 is 4.75. The lowest BCUT2D eigenvalue weighted by Crippen LogP contribution is -2.23. The molecule has 19 heavy (non-hydrogen) atoms. The third-order valence-corrected chi connectivity index (χ3v) is 3.14. The molecule has 0 aliphatic carbocycles. The molecule has 4 heteroatoms. The van der Waals surface area contributed by atoms with Gasteiger partial charge in [-0.1, -0.05) is 58.3 Å². The summed E-state index contributed by atoms with van der Waals surface area (Å²) in [6.07, 6.45) is 9.99. The highest BCUT2D eigenvalue weighted by molar-refractivity contribution is 5.77. The van der Waals surface area contributed by atoms with Gasteiger partial charge in [-0.25, -0.2) is 4.79 Å². The van der Waals surface area contributed by atoms with Crippen molar-refractivity contribution in [2.24, 2.45) is 0 Å². The van der Waals surface area contributed by atoms with Crippen molar-refractivity contribution in [1.82, 2.24) is 0 Å². The quantitative estimate of drug-likeness (QED) is 0.432. The van der Waals surface area contributed by atoms with E-state index < -0.39 is 18.0 Å². The number of carboxylic acid groups (broad SMARTS) is 1. The standard InChI is InChI=1S/C15H28O4/c1-3-4-5-6-7-8-9-10-11-12-14(16)19-13(2)15(17)18/h13H,3-12H2,1-2H3,(H,17,18)/t13-/m0/s1. The maximum absolute atomic E-state index is 11.3. The molecule has 0 radical (unpaired) electrons. The Hall–Kier alpha value is -1.06. The molecule has 0 amide bonds. The summed E-state index contributed by atoms with van der Waals surface area (Å²) in [4.78, 5) is 21.8. The van der Waals surface area contributed by atoms with Gasteiger partial charge in [0.15, 0.2) is 6.10 Å². The molecule has 1 atom stereocenters. The average Bonchev–Trinajstić information content (AvgIpc) is 2.36. The van der Waals surface area contributed by atoms with E-state index in [1.807, 2.05) is 0 Å². The second-order valence-corrected chi connectivity index (χ2v) is 5.05. The Morgan fingerprint density at radius 3 is 1.89 bits per heavy atom. The van der Waals surface area contributed by atoms with Gasteiger partial charge >= 0.3 is 11.9 Å². The Labute approximate surface area is 116 Å². The first kappa shape index (κ1) is 17.9. The van der Waals surface area contributed by atoms with Crippen molar-refractivity contribution >= 4 is 11.9 Å². The number of esters is 1. The van der Waals surface area contributed by atoms with Gasteiger partial charge in [0.25, 0.3) is 0 Å². The van der Waals surface area contributed by atoms with Gasteiger partial charge in [0.1, 0.15) is 0 Å². The molecule has 0 aromatic carbocycles. The first-order chi connectivity index (χ1) is 9.07. The largest absolute Gasteiger partial charge is 0.479 e. The van der Waals surface area contributed by atoms with Crippen LogP contribution in [0, 0.1) is 0 Å². The second kappa shape index (κ2) is 12.0. The molecule has 0 unspecified atom stereocenters. The predicted molar refractivity (Wildman–Crippen MR) is 75.0 cm³/mol. The van der Waals surface area contributed by atoms with E-state index in [2.05, 4.69) is 6.92 Å². The first-order valence-electron chi connectivity index (χ1n) is 7.50. The average molecular weight is 272 g/mol. The molecule has 0 spiro atoms. The molecular formula is C15H28O4. The molecule has 0 rings (SSSR count). The monoisotopic (exact) mass is 272 g/mol. The number of unbranched alkanes of at least 4 members (excludes halogenated alkanes) is 8. The number of ether oxygens (including phenoxy) is 1. The summed E-state index contributed by atoms with van der Waals surface area (Å²) in [6, 6.07) is 0. The molecule has 0 aliphatic rings. The van der Waals surface area contributed by atoms with Gasteiger partial charge in [-0.05, 0) is 13.3 Å². The van der Waals surface area contributed by atoms with E-state index in [0.29, 0.717) is 6.42 Å². The van der Waals surface area contributed by atoms with Crippen LogP contribution in [0.5, 0.6) is 0 Å². The van der Waals surface area contributed by atoms with E-state index >= 15 is 0 Å². The van der Waals surface area contributed by atoms with Crippen LogP contribution in [0.3, 0.4) is 0 Å². The van der Waals surface area contributed by atoms with Crippen molar-refractivity contribution < 1.29 is 19.4 Å². The van der Waals surface area contributed by atoms with Crippen LogP contribution in [-0.4, -0.2) is 23.1 Å². The molecule has 0 saturated carbocycles. The van der Waals surface area contributed by atoms with Gasteiger partial charge in [-0.3, -0.25) is 4.79 Å². The summed E-state index contributed by atoms with van der Waals surface area (Å²) in [5.74, 6) is -1.50. The van der Waals surface area contributed by atoms with E-state index in [9.17, 15) is 9.59 Å². The minimum absolute atomic E-state index is 0.327. The Balaban J connectivity index is 3.30. The van der Waals surface area contributed by atoms with Crippen LogP contribution in [0.2, 0.25) is 0 Å². The molecule has 0 aromatic rings. The number of carbonyl (C=O) groups excluding carboxylic acids is 1. The van der Waals surface area contributed by atoms with Gasteiger partial charge in [0, 0.05) is 6.42 Å². The molecule has 4 nitrogen and oxygen atoms in total. The lowest BCUT2D eigenvalue weighted by Gasteiger charge is -2.08. The maximum atomic E-state index is 11.3. The summed E-state index contributed by atoms with van der Waals surface area (Å²) in [6.45, 7) is 3.58. The van der Waals surface area contributed by atoms with Crippen molar-refractivity contribution in [3.63, 3.8) is 0 Å². The zero-order valence-corrected chi connectivity index (χ0v) is 12.3. The fraction of sp³-hybridized carbons (Fsp3) is 0.867. The molecule has 0 fully saturated rings. The summed E-state index contributed by atoms with van der Waals surface area (Å²) in [7, 11) is 0. The van der Waals surface area contributed by atoms with E-state index in [0.717, 1.165) is 19.3 Å². The molecule has 0 aliphatic heterocycles. The van der Waals surface area contributed by atoms with Crippen molar-refractivity contribution in [2.45, 2.75) is 84.2 Å². The Bertz CT molecular complexity index is 251. The lowest BCUT2D eigenvalue weighted by molar-refractivity contribution is -0.162. The number of aliphatic carboxylic acids is 1. The highest BCUT2D eigenvalue weighted by Gasteiger charge is 2.15. The Morgan fingerprint density at radius 1 is 0.947 bits per heavy atom. The third-order valence-electron chi connectivity index (χ3n) is 3.14. The van der Waals surface area contributed by atoms with Crippen LogP contribution in [0.4, 0.5) is 0 Å². The Kier molecular flexibility index (Phi) is 11.3. The molecule has 0 heterocycles. The minimum atomic E-state index is -1.10. The minimum Gasteiger partial charge on any atom is -0.479 e. The van der Waals surface area contributed by atoms with Crippen molar-refractivity contribution in [3.05, 3.63) is 0 Å². The second-order valence-electron chi connectivity index (χ2n) is 5.05. The Morgan fingerprint density at radius 2 is 1.42 bits per heavy atom. The van der Waals surface area contributed by atoms with Gasteiger partial charge in [-0.15, -0.1) is 0 Å². The van der Waals surface area contributed by atoms with Gasteiger partial charge in [-0.2, -0.15) is 0 Å². The zero-order chi connectivity index (χ0) is 14.5. The van der Waals surface area contributed by atoms with Crippen LogP contribution in [0.15, 0.2) is 0 Å². The lowest BCUT2D eigenvalue weighted by atomic mass is 10.1. The fourth-order valence-electron chi connectivity index (χ4n) is 1.89. The molecule has 0 bridgehead atoms. The van der Waals surface area contributed by atoms with Crippen molar-refractivity contribution in [3.8, 4) is 0 Å². The summed E-state index contributed by atoms with van der Waals surface area (Å²) >= 11 is 0. The van der Waals surface area contributed by atoms with Gasteiger partial charge in [0.2, 0.25) is 0 Å². The molecule has 0 aromatic heterocycles. The van der Waals surface area contributed by atoms with Crippen LogP contribution < -0.4 is 0 Å². The van der Waals surface area contributed by atoms with Crippen molar-refractivity contribution in [1.29, 1.82) is 0 Å². The number of hydrogen-bond donors (Lipinski definition) is 1. The first-order valence-corrected chi connectivity index (χ1v) is 7.50. The van der Waals surface area contributed by atoms with Crippen LogP contribution in [0.1, 0.15) is 78.1 Å². The molecular weight excluding hydrogens is 244 g/mol. The highest BCUT2D eigenvalue weighted by atomic mass is 16.6. The summed E-state index contributed by atoms with van der Waals surface area (Å²) in [5.41, 5.74) is 0. The smallest absolute Gasteiger partial charge is 0.344 e. The molecule has 1 N–H and O–H groups in total. The van der Waals surface area contributed by atoms with Crippen molar-refractivity contribution in [2.75, 3.05) is 0 Å². The molecule has 0 saturated heterocycles. The fourth-order valence-corrected chi connectivity index (χ4v) is 1.89. The third kappa shape index (κ3) is 11.7. The van der Waals surface area contributed by atoms with E-state index in [1.54, 1.807) is 0 Å². The predicted octanol–water partition coefficient (Wildman–Crippen LogP) is 3.92. The number of rotatable bonds is 12. The maximum Gasteiger partial charge on any atom is 0.344 e. The summed E-state index contributed by atoms with van der Waals surface area (Å²) in [5, 5.41) is 8.58. The van der Waals surface area contributed by atoms with E-state index in [1.165, 1.54) is 45.4 Å². The van der Waals surface area contributed by atoms with E-state index in [4.69, 9.17) is 9.84 Å². The van der Waals surface area contributed by atoms with Gasteiger partial charge < -0.3 is 9.84 Å². The number of carboxylic acids is 1. The number of hydrogen-bond acceptors (Lipinski definition) is 3. The normalized spacial score (nSPS) is 12.1. The van der Waals surface area contributed by atoms with Gasteiger partial charge in [0.05, 0.1) is 0 Å². The topological polar surface area (TPSA) is 63.6 Å². The van der Waals surface area contributed by atoms with Crippen LogP contribution in [-0.2, 0) is 14.3 Å². The SMILES string of the molecule is CCCCCCCCCCCC(=O)O[C@@H](C)C(=O)O.